The molecule has 0 aromatic heterocycles. The van der Waals surface area contributed by atoms with Gasteiger partial charge in [-0.25, -0.2) is 8.42 Å². The van der Waals surface area contributed by atoms with E-state index in [-0.39, 0.29) is 10.5 Å². The Hall–Kier alpha value is -2.14. The van der Waals surface area contributed by atoms with E-state index in [2.05, 4.69) is 0 Å². The number of methoxy groups -OCH3 is 1. The Kier molecular flexibility index (Phi) is 4.43. The van der Waals surface area contributed by atoms with E-state index in [0.29, 0.717) is 5.75 Å². The van der Waals surface area contributed by atoms with Crippen LogP contribution in [0.2, 0.25) is 0 Å². The molecule has 21 heavy (non-hydrogen) atoms. The van der Waals surface area contributed by atoms with Crippen molar-refractivity contribution in [2.75, 3.05) is 12.9 Å². The number of aryl methyl sites for hydroxylation is 1. The van der Waals surface area contributed by atoms with Gasteiger partial charge in [0.05, 0.1) is 17.6 Å². The van der Waals surface area contributed by atoms with E-state index in [1.807, 2.05) is 6.92 Å². The molecule has 4 nitrogen and oxygen atoms in total. The first-order valence-electron chi connectivity index (χ1n) is 6.39. The highest BCUT2D eigenvalue weighted by molar-refractivity contribution is 7.92. The molecule has 0 amide bonds. The summed E-state index contributed by atoms with van der Waals surface area (Å²) in [6, 6.07) is 13.0. The van der Waals surface area contributed by atoms with Crippen LogP contribution in [0.25, 0.3) is 0 Å². The van der Waals surface area contributed by atoms with E-state index in [4.69, 9.17) is 4.74 Å². The summed E-state index contributed by atoms with van der Waals surface area (Å²) in [7, 11) is -2.19. The Morgan fingerprint density at radius 2 is 1.76 bits per heavy atom. The second kappa shape index (κ2) is 6.10. The quantitative estimate of drug-likeness (QED) is 0.797. The number of hydrogen-bond acceptors (Lipinski definition) is 4. The molecule has 0 heterocycles. The molecule has 0 atom stereocenters. The predicted molar refractivity (Wildman–Crippen MR) is 80.6 cm³/mol. The van der Waals surface area contributed by atoms with Crippen LogP contribution < -0.4 is 4.74 Å². The van der Waals surface area contributed by atoms with Crippen molar-refractivity contribution < 1.29 is 17.9 Å². The van der Waals surface area contributed by atoms with Gasteiger partial charge in [0.25, 0.3) is 0 Å². The van der Waals surface area contributed by atoms with Gasteiger partial charge in [-0.2, -0.15) is 0 Å². The van der Waals surface area contributed by atoms with Gasteiger partial charge in [-0.05, 0) is 36.8 Å². The van der Waals surface area contributed by atoms with Gasteiger partial charge in [-0.1, -0.05) is 24.3 Å². The van der Waals surface area contributed by atoms with E-state index < -0.39 is 21.4 Å². The zero-order valence-corrected chi connectivity index (χ0v) is 12.7. The lowest BCUT2D eigenvalue weighted by molar-refractivity contribution is 0.101. The van der Waals surface area contributed by atoms with Crippen molar-refractivity contribution in [1.29, 1.82) is 0 Å². The minimum atomic E-state index is -3.65. The standard InChI is InChI=1S/C16H16O4S/c1-12-8-9-14(16(10-12)20-2)15(17)11-21(18,19)13-6-4-3-5-7-13/h3-10H,11H2,1-2H3. The van der Waals surface area contributed by atoms with Crippen LogP contribution in [0.3, 0.4) is 0 Å². The molecule has 0 aliphatic heterocycles. The number of Topliss-reactive ketones (excluding diaryl/α,β-unsaturated/α-hetero) is 1. The van der Waals surface area contributed by atoms with Gasteiger partial charge in [-0.3, -0.25) is 4.79 Å². The Morgan fingerprint density at radius 1 is 1.10 bits per heavy atom. The Balaban J connectivity index is 2.30. The molecule has 0 bridgehead atoms. The molecule has 0 aliphatic carbocycles. The summed E-state index contributed by atoms with van der Waals surface area (Å²) in [5.74, 6) is -0.657. The van der Waals surface area contributed by atoms with Crippen molar-refractivity contribution in [2.24, 2.45) is 0 Å². The summed E-state index contributed by atoms with van der Waals surface area (Å²) in [5.41, 5.74) is 1.22. The third kappa shape index (κ3) is 3.49. The number of hydrogen-bond donors (Lipinski definition) is 0. The number of carbonyl (C=O) groups is 1. The molecule has 2 rings (SSSR count). The van der Waals surface area contributed by atoms with Gasteiger partial charge in [0.1, 0.15) is 11.5 Å². The number of ether oxygens (including phenoxy) is 1. The van der Waals surface area contributed by atoms with Crippen LogP contribution in [0.4, 0.5) is 0 Å². The summed E-state index contributed by atoms with van der Waals surface area (Å²) < 4.78 is 29.6. The number of rotatable bonds is 5. The van der Waals surface area contributed by atoms with E-state index in [1.165, 1.54) is 19.2 Å². The molecule has 2 aromatic carbocycles. The van der Waals surface area contributed by atoms with Crippen LogP contribution >= 0.6 is 0 Å². The molecule has 0 unspecified atom stereocenters. The number of sulfone groups is 1. The van der Waals surface area contributed by atoms with E-state index in [0.717, 1.165) is 5.56 Å². The molecular weight excluding hydrogens is 288 g/mol. The SMILES string of the molecule is COc1cc(C)ccc1C(=O)CS(=O)(=O)c1ccccc1. The highest BCUT2D eigenvalue weighted by atomic mass is 32.2. The van der Waals surface area contributed by atoms with E-state index >= 15 is 0 Å². The average molecular weight is 304 g/mol. The topological polar surface area (TPSA) is 60.4 Å². The molecule has 2 aromatic rings. The maximum absolute atomic E-state index is 12.3. The number of ketones is 1. The fraction of sp³-hybridized carbons (Fsp3) is 0.188. The number of benzene rings is 2. The first-order chi connectivity index (χ1) is 9.94. The monoisotopic (exact) mass is 304 g/mol. The van der Waals surface area contributed by atoms with Gasteiger partial charge in [0.2, 0.25) is 0 Å². The van der Waals surface area contributed by atoms with Crippen LogP contribution in [-0.4, -0.2) is 27.1 Å². The van der Waals surface area contributed by atoms with Gasteiger partial charge in [0.15, 0.2) is 15.6 Å². The minimum absolute atomic E-state index is 0.143. The molecule has 110 valence electrons. The lowest BCUT2D eigenvalue weighted by atomic mass is 10.1. The molecule has 0 aliphatic rings. The van der Waals surface area contributed by atoms with Gasteiger partial charge < -0.3 is 4.74 Å². The molecule has 0 radical (unpaired) electrons. The number of carbonyl (C=O) groups excluding carboxylic acids is 1. The molecule has 5 heteroatoms. The second-order valence-electron chi connectivity index (χ2n) is 4.70. The summed E-state index contributed by atoms with van der Waals surface area (Å²) in [5, 5.41) is 0. The minimum Gasteiger partial charge on any atom is -0.496 e. The first kappa shape index (κ1) is 15.3. The lowest BCUT2D eigenvalue weighted by Gasteiger charge is -2.09. The van der Waals surface area contributed by atoms with Crippen LogP contribution in [0.15, 0.2) is 53.4 Å². The second-order valence-corrected chi connectivity index (χ2v) is 6.69. The molecule has 0 N–H and O–H groups in total. The molecule has 0 spiro atoms. The van der Waals surface area contributed by atoms with Gasteiger partial charge >= 0.3 is 0 Å². The Bertz CT molecular complexity index is 749. The third-order valence-electron chi connectivity index (χ3n) is 3.08. The zero-order valence-electron chi connectivity index (χ0n) is 11.9. The highest BCUT2D eigenvalue weighted by Gasteiger charge is 2.22. The fourth-order valence-electron chi connectivity index (χ4n) is 1.99. The molecule has 0 fully saturated rings. The van der Waals surface area contributed by atoms with E-state index in [9.17, 15) is 13.2 Å². The van der Waals surface area contributed by atoms with Crippen LogP contribution in [0.1, 0.15) is 15.9 Å². The van der Waals surface area contributed by atoms with Crippen LogP contribution in [0.5, 0.6) is 5.75 Å². The van der Waals surface area contributed by atoms with Crippen molar-refractivity contribution in [2.45, 2.75) is 11.8 Å². The van der Waals surface area contributed by atoms with Crippen molar-refractivity contribution in [1.82, 2.24) is 0 Å². The lowest BCUT2D eigenvalue weighted by Crippen LogP contribution is -2.17. The summed E-state index contributed by atoms with van der Waals surface area (Å²) in [6.45, 7) is 1.87. The average Bonchev–Trinajstić information content (AvgIpc) is 2.47. The van der Waals surface area contributed by atoms with Crippen molar-refractivity contribution >= 4 is 15.6 Å². The Labute approximate surface area is 124 Å². The maximum atomic E-state index is 12.3. The van der Waals surface area contributed by atoms with Gasteiger partial charge in [0, 0.05) is 0 Å². The van der Waals surface area contributed by atoms with Gasteiger partial charge in [-0.15, -0.1) is 0 Å². The third-order valence-corrected chi connectivity index (χ3v) is 4.71. The van der Waals surface area contributed by atoms with Crippen LogP contribution in [0, 0.1) is 6.92 Å². The van der Waals surface area contributed by atoms with Crippen molar-refractivity contribution in [3.63, 3.8) is 0 Å². The predicted octanol–water partition coefficient (Wildman–Crippen LogP) is 2.66. The molecule has 0 saturated heterocycles. The maximum Gasteiger partial charge on any atom is 0.185 e. The van der Waals surface area contributed by atoms with Crippen LogP contribution in [-0.2, 0) is 9.84 Å². The molecule has 0 saturated carbocycles. The summed E-state index contributed by atoms with van der Waals surface area (Å²) >= 11 is 0. The summed E-state index contributed by atoms with van der Waals surface area (Å²) in [6.07, 6.45) is 0. The van der Waals surface area contributed by atoms with Crippen molar-refractivity contribution in [3.8, 4) is 5.75 Å². The molecular formula is C16H16O4S. The largest absolute Gasteiger partial charge is 0.496 e. The van der Waals surface area contributed by atoms with Crippen molar-refractivity contribution in [3.05, 3.63) is 59.7 Å². The smallest absolute Gasteiger partial charge is 0.185 e. The summed E-state index contributed by atoms with van der Waals surface area (Å²) in [4.78, 5) is 12.4. The fourth-order valence-corrected chi connectivity index (χ4v) is 3.23. The first-order valence-corrected chi connectivity index (χ1v) is 8.05. The Morgan fingerprint density at radius 3 is 2.38 bits per heavy atom. The van der Waals surface area contributed by atoms with E-state index in [1.54, 1.807) is 36.4 Å². The highest BCUT2D eigenvalue weighted by Crippen LogP contribution is 2.22. The zero-order chi connectivity index (χ0) is 15.5. The normalized spacial score (nSPS) is 11.1.